The minimum atomic E-state index is -0.730. The molecule has 0 bridgehead atoms. The summed E-state index contributed by atoms with van der Waals surface area (Å²) in [5.74, 6) is -1.56. The number of ether oxygens (including phenoxy) is 2. The largest absolute Gasteiger partial charge is 0.505 e. The van der Waals surface area contributed by atoms with Crippen LogP contribution in [0.2, 0.25) is 0 Å². The first kappa shape index (κ1) is 20.3. The third kappa shape index (κ3) is 3.92. The average Bonchev–Trinajstić information content (AvgIpc) is 3.41. The van der Waals surface area contributed by atoms with Gasteiger partial charge in [0.1, 0.15) is 18.0 Å². The number of rotatable bonds is 6. The molecule has 0 saturated carbocycles. The van der Waals surface area contributed by atoms with Gasteiger partial charge in [0.15, 0.2) is 17.3 Å². The van der Waals surface area contributed by atoms with Gasteiger partial charge in [-0.3, -0.25) is 24.3 Å². The van der Waals surface area contributed by atoms with Gasteiger partial charge in [-0.05, 0) is 24.6 Å². The van der Waals surface area contributed by atoms with Crippen molar-refractivity contribution >= 4 is 23.4 Å². The molecule has 1 N–H and O–H groups in total. The molecule has 1 atom stereocenters. The number of carbonyl (C=O) groups is 3. The average molecular weight is 420 g/mol. The third-order valence-corrected chi connectivity index (χ3v) is 5.18. The third-order valence-electron chi connectivity index (χ3n) is 5.18. The van der Waals surface area contributed by atoms with Gasteiger partial charge in [0, 0.05) is 18.2 Å². The van der Waals surface area contributed by atoms with E-state index in [-0.39, 0.29) is 35.8 Å². The first-order valence-corrected chi connectivity index (χ1v) is 9.70. The predicted octanol–water partition coefficient (Wildman–Crippen LogP) is 2.77. The van der Waals surface area contributed by atoms with Crippen molar-refractivity contribution in [2.45, 2.75) is 25.8 Å². The lowest BCUT2D eigenvalue weighted by molar-refractivity contribution is -0.140. The van der Waals surface area contributed by atoms with Crippen LogP contribution in [0.25, 0.3) is 5.76 Å². The minimum Gasteiger partial charge on any atom is -0.505 e. The van der Waals surface area contributed by atoms with Crippen molar-refractivity contribution in [2.24, 2.45) is 0 Å². The van der Waals surface area contributed by atoms with Crippen LogP contribution in [0, 0.1) is 0 Å². The second-order valence-electron chi connectivity index (χ2n) is 7.18. The van der Waals surface area contributed by atoms with Gasteiger partial charge in [-0.2, -0.15) is 0 Å². The van der Waals surface area contributed by atoms with Crippen LogP contribution in [-0.2, 0) is 25.5 Å². The van der Waals surface area contributed by atoms with Crippen molar-refractivity contribution in [2.75, 3.05) is 6.79 Å². The SMILES string of the molecule is CC(=O)c1cccnc1C(O)=C1CC(=O)N(C(Cc2ccccc2)C2=COCO2)C1=O. The number of hydrogen-bond acceptors (Lipinski definition) is 7. The zero-order valence-corrected chi connectivity index (χ0v) is 16.8. The van der Waals surface area contributed by atoms with Crippen molar-refractivity contribution < 1.29 is 29.0 Å². The maximum Gasteiger partial charge on any atom is 0.261 e. The number of nitrogens with zero attached hydrogens (tertiary/aromatic N) is 2. The Morgan fingerprint density at radius 3 is 2.65 bits per heavy atom. The number of benzene rings is 1. The number of aromatic nitrogens is 1. The topological polar surface area (TPSA) is 106 Å². The molecule has 31 heavy (non-hydrogen) atoms. The van der Waals surface area contributed by atoms with Crippen LogP contribution in [-0.4, -0.2) is 45.4 Å². The van der Waals surface area contributed by atoms with Gasteiger partial charge in [-0.1, -0.05) is 30.3 Å². The summed E-state index contributed by atoms with van der Waals surface area (Å²) >= 11 is 0. The number of imide groups is 1. The highest BCUT2D eigenvalue weighted by Gasteiger charge is 2.43. The Morgan fingerprint density at radius 1 is 1.19 bits per heavy atom. The number of ketones is 1. The zero-order chi connectivity index (χ0) is 22.0. The van der Waals surface area contributed by atoms with E-state index in [1.54, 1.807) is 6.07 Å². The summed E-state index contributed by atoms with van der Waals surface area (Å²) in [5, 5.41) is 10.8. The summed E-state index contributed by atoms with van der Waals surface area (Å²) in [6.07, 6.45) is 2.81. The Hall–Kier alpha value is -3.94. The lowest BCUT2D eigenvalue weighted by Gasteiger charge is -2.25. The zero-order valence-electron chi connectivity index (χ0n) is 16.8. The second kappa shape index (κ2) is 8.43. The molecule has 0 radical (unpaired) electrons. The number of pyridine rings is 1. The summed E-state index contributed by atoms with van der Waals surface area (Å²) < 4.78 is 10.6. The van der Waals surface area contributed by atoms with E-state index in [0.717, 1.165) is 10.5 Å². The molecular formula is C23H20N2O6. The highest BCUT2D eigenvalue weighted by atomic mass is 16.7. The standard InChI is InChI=1S/C23H20N2O6/c1-14(26)16-8-5-9-24-21(16)22(28)17-11-20(27)25(23(17)29)18(19-12-30-13-31-19)10-15-6-3-2-4-7-15/h2-9,12,18,28H,10-11,13H2,1H3. The summed E-state index contributed by atoms with van der Waals surface area (Å²) in [7, 11) is 0. The van der Waals surface area contributed by atoms with E-state index in [0.29, 0.717) is 12.2 Å². The summed E-state index contributed by atoms with van der Waals surface area (Å²) in [6.45, 7) is 1.34. The van der Waals surface area contributed by atoms with E-state index in [4.69, 9.17) is 9.47 Å². The lowest BCUT2D eigenvalue weighted by Crippen LogP contribution is -2.42. The molecule has 1 unspecified atom stereocenters. The normalized spacial score (nSPS) is 18.4. The van der Waals surface area contributed by atoms with Crippen LogP contribution in [0.4, 0.5) is 0 Å². The first-order chi connectivity index (χ1) is 15.0. The molecule has 3 heterocycles. The molecule has 1 aromatic carbocycles. The molecule has 0 spiro atoms. The number of Topliss-reactive ketones (excluding diaryl/α,β-unsaturated/α-hetero) is 1. The van der Waals surface area contributed by atoms with Crippen molar-refractivity contribution in [1.29, 1.82) is 0 Å². The number of aliphatic hydroxyl groups excluding tert-OH is 1. The van der Waals surface area contributed by atoms with Crippen molar-refractivity contribution in [3.8, 4) is 0 Å². The fraction of sp³-hybridized carbons (Fsp3) is 0.217. The Labute approximate surface area is 178 Å². The van der Waals surface area contributed by atoms with Gasteiger partial charge in [0.25, 0.3) is 5.91 Å². The Balaban J connectivity index is 1.72. The van der Waals surface area contributed by atoms with Gasteiger partial charge in [-0.25, -0.2) is 0 Å². The van der Waals surface area contributed by atoms with E-state index in [9.17, 15) is 19.5 Å². The quantitative estimate of drug-likeness (QED) is 0.331. The molecule has 1 aromatic heterocycles. The highest BCUT2D eigenvalue weighted by Crippen LogP contribution is 2.32. The number of hydrogen-bond donors (Lipinski definition) is 1. The highest BCUT2D eigenvalue weighted by molar-refractivity contribution is 6.17. The van der Waals surface area contributed by atoms with E-state index in [1.807, 2.05) is 30.3 Å². The Kier molecular flexibility index (Phi) is 5.53. The van der Waals surface area contributed by atoms with Gasteiger partial charge >= 0.3 is 0 Å². The maximum atomic E-state index is 13.3. The minimum absolute atomic E-state index is 0.000692. The summed E-state index contributed by atoms with van der Waals surface area (Å²) in [6, 6.07) is 11.7. The molecule has 8 heteroatoms. The second-order valence-corrected chi connectivity index (χ2v) is 7.18. The molecule has 158 valence electrons. The molecule has 1 saturated heterocycles. The van der Waals surface area contributed by atoms with Gasteiger partial charge in [-0.15, -0.1) is 0 Å². The smallest absolute Gasteiger partial charge is 0.261 e. The van der Waals surface area contributed by atoms with E-state index in [2.05, 4.69) is 4.98 Å². The van der Waals surface area contributed by atoms with Gasteiger partial charge in [0.2, 0.25) is 12.7 Å². The molecule has 0 aliphatic carbocycles. The van der Waals surface area contributed by atoms with Crippen LogP contribution in [0.5, 0.6) is 0 Å². The Morgan fingerprint density at radius 2 is 1.97 bits per heavy atom. The van der Waals surface area contributed by atoms with E-state index >= 15 is 0 Å². The number of amides is 2. The maximum absolute atomic E-state index is 13.3. The van der Waals surface area contributed by atoms with Crippen LogP contribution in [0.3, 0.4) is 0 Å². The Bertz CT molecular complexity index is 1110. The fourth-order valence-corrected chi connectivity index (χ4v) is 3.68. The van der Waals surface area contributed by atoms with Crippen molar-refractivity contribution in [1.82, 2.24) is 9.88 Å². The molecule has 2 aromatic rings. The van der Waals surface area contributed by atoms with Crippen molar-refractivity contribution in [3.05, 3.63) is 83.1 Å². The number of likely N-dealkylation sites (tertiary alicyclic amines) is 1. The van der Waals surface area contributed by atoms with Gasteiger partial charge < -0.3 is 14.6 Å². The molecular weight excluding hydrogens is 400 g/mol. The monoisotopic (exact) mass is 420 g/mol. The van der Waals surface area contributed by atoms with E-state index in [1.165, 1.54) is 25.4 Å². The summed E-state index contributed by atoms with van der Waals surface area (Å²) in [4.78, 5) is 43.2. The van der Waals surface area contributed by atoms with Crippen LogP contribution in [0.1, 0.15) is 35.0 Å². The molecule has 8 nitrogen and oxygen atoms in total. The predicted molar refractivity (Wildman–Crippen MR) is 109 cm³/mol. The van der Waals surface area contributed by atoms with Gasteiger partial charge in [0.05, 0.1) is 12.0 Å². The molecule has 2 amide bonds. The molecule has 2 aliphatic heterocycles. The van der Waals surface area contributed by atoms with Crippen LogP contribution in [0.15, 0.2) is 66.3 Å². The number of carbonyl (C=O) groups excluding carboxylic acids is 3. The lowest BCUT2D eigenvalue weighted by atomic mass is 10.0. The fourth-order valence-electron chi connectivity index (χ4n) is 3.68. The molecule has 4 rings (SSSR count). The van der Waals surface area contributed by atoms with Crippen LogP contribution >= 0.6 is 0 Å². The first-order valence-electron chi connectivity index (χ1n) is 9.70. The van der Waals surface area contributed by atoms with E-state index < -0.39 is 23.6 Å². The molecule has 1 fully saturated rings. The van der Waals surface area contributed by atoms with Crippen molar-refractivity contribution in [3.63, 3.8) is 0 Å². The molecule has 2 aliphatic rings. The summed E-state index contributed by atoms with van der Waals surface area (Å²) in [5.41, 5.74) is 0.938. The van der Waals surface area contributed by atoms with Crippen LogP contribution < -0.4 is 0 Å². The number of aliphatic hydroxyl groups is 1.